The summed E-state index contributed by atoms with van der Waals surface area (Å²) in [5.41, 5.74) is 6.16. The minimum atomic E-state index is -0.788. The van der Waals surface area contributed by atoms with Crippen LogP contribution in [0.3, 0.4) is 0 Å². The van der Waals surface area contributed by atoms with E-state index in [9.17, 15) is 4.79 Å². The molecular formula is C8H6N2O3. The van der Waals surface area contributed by atoms with E-state index in [-0.39, 0.29) is 11.4 Å². The summed E-state index contributed by atoms with van der Waals surface area (Å²) in [6.45, 7) is 0. The fourth-order valence-electron chi connectivity index (χ4n) is 1.11. The number of benzene rings is 1. The number of amidine groups is 1. The van der Waals surface area contributed by atoms with Gasteiger partial charge in [0.05, 0.1) is 5.56 Å². The molecule has 3 N–H and O–H groups in total. The van der Waals surface area contributed by atoms with Gasteiger partial charge in [-0.15, -0.1) is 0 Å². The Morgan fingerprint density at radius 1 is 1.38 bits per heavy atom. The van der Waals surface area contributed by atoms with Crippen molar-refractivity contribution in [3.63, 3.8) is 0 Å². The molecule has 13 heavy (non-hydrogen) atoms. The lowest BCUT2D eigenvalue weighted by atomic mass is 10.2. The second kappa shape index (κ2) is 2.48. The molecule has 1 aromatic carbocycles. The number of nitrogen functional groups attached to an aromatic ring is 1. The molecule has 0 saturated heterocycles. The topological polar surface area (TPSA) is 93.2 Å². The Balaban J connectivity index is 2.90. The van der Waals surface area contributed by atoms with E-state index in [0.29, 0.717) is 11.1 Å². The summed E-state index contributed by atoms with van der Waals surface area (Å²) >= 11 is 0. The van der Waals surface area contributed by atoms with Gasteiger partial charge in [0, 0.05) is 0 Å². The largest absolute Gasteiger partial charge is 0.519 e. The standard InChI is InChI=1S/C8H6N2O3/c9-7(10)4-2-1-3-5-6(4)13-8(11)12-5/h1-3H,(H3,9,10). The average Bonchev–Trinajstić information content (AvgIpc) is 2.43. The maximum absolute atomic E-state index is 10.7. The summed E-state index contributed by atoms with van der Waals surface area (Å²) in [7, 11) is 0. The van der Waals surface area contributed by atoms with Gasteiger partial charge in [0.1, 0.15) is 5.84 Å². The van der Waals surface area contributed by atoms with Crippen molar-refractivity contribution >= 4 is 17.0 Å². The number of nitrogens with one attached hydrogen (secondary N) is 1. The van der Waals surface area contributed by atoms with Crippen LogP contribution in [0, 0.1) is 5.41 Å². The van der Waals surface area contributed by atoms with Crippen molar-refractivity contribution in [2.75, 3.05) is 0 Å². The van der Waals surface area contributed by atoms with Crippen molar-refractivity contribution in [1.82, 2.24) is 0 Å². The predicted octanol–water partition coefficient (Wildman–Crippen LogP) is 0.670. The van der Waals surface area contributed by atoms with Gasteiger partial charge in [-0.3, -0.25) is 5.41 Å². The first-order valence-corrected chi connectivity index (χ1v) is 3.55. The number of para-hydroxylation sites is 1. The van der Waals surface area contributed by atoms with Gasteiger partial charge in [-0.25, -0.2) is 4.79 Å². The maximum atomic E-state index is 10.7. The van der Waals surface area contributed by atoms with Crippen LogP contribution in [0.5, 0.6) is 0 Å². The Bertz CT molecular complexity index is 523. The molecule has 1 heterocycles. The molecule has 2 rings (SSSR count). The van der Waals surface area contributed by atoms with Gasteiger partial charge in [0.15, 0.2) is 11.2 Å². The maximum Gasteiger partial charge on any atom is 0.519 e. The first-order valence-electron chi connectivity index (χ1n) is 3.55. The van der Waals surface area contributed by atoms with Crippen molar-refractivity contribution in [3.8, 4) is 0 Å². The van der Waals surface area contributed by atoms with E-state index in [1.165, 1.54) is 0 Å². The lowest BCUT2D eigenvalue weighted by Gasteiger charge is -1.95. The molecule has 0 amide bonds. The lowest BCUT2D eigenvalue weighted by molar-refractivity contribution is 0.409. The number of hydrogen-bond donors (Lipinski definition) is 2. The highest BCUT2D eigenvalue weighted by Crippen LogP contribution is 2.16. The van der Waals surface area contributed by atoms with Crippen LogP contribution in [-0.4, -0.2) is 5.84 Å². The molecule has 0 radical (unpaired) electrons. The molecule has 1 aromatic heterocycles. The van der Waals surface area contributed by atoms with E-state index >= 15 is 0 Å². The van der Waals surface area contributed by atoms with Gasteiger partial charge in [-0.2, -0.15) is 0 Å². The molecule has 0 aliphatic rings. The summed E-state index contributed by atoms with van der Waals surface area (Å²) in [6, 6.07) is 4.80. The van der Waals surface area contributed by atoms with Crippen molar-refractivity contribution in [2.24, 2.45) is 5.73 Å². The second-order valence-corrected chi connectivity index (χ2v) is 2.50. The smallest absolute Gasteiger partial charge is 0.391 e. The highest BCUT2D eigenvalue weighted by molar-refractivity contribution is 6.04. The van der Waals surface area contributed by atoms with Crippen molar-refractivity contribution < 1.29 is 8.83 Å². The zero-order valence-corrected chi connectivity index (χ0v) is 6.53. The van der Waals surface area contributed by atoms with E-state index in [1.54, 1.807) is 18.2 Å². The Morgan fingerprint density at radius 3 is 2.85 bits per heavy atom. The molecule has 2 aromatic rings. The van der Waals surface area contributed by atoms with Crippen LogP contribution in [0.15, 0.2) is 31.8 Å². The van der Waals surface area contributed by atoms with Crippen molar-refractivity contribution in [3.05, 3.63) is 34.4 Å². The number of rotatable bonds is 1. The van der Waals surface area contributed by atoms with Gasteiger partial charge in [0.2, 0.25) is 0 Å². The molecule has 0 saturated carbocycles. The van der Waals surface area contributed by atoms with Gasteiger partial charge < -0.3 is 14.6 Å². The third-order valence-corrected chi connectivity index (χ3v) is 1.65. The Hall–Kier alpha value is -2.04. The molecule has 66 valence electrons. The predicted molar refractivity (Wildman–Crippen MR) is 45.8 cm³/mol. The van der Waals surface area contributed by atoms with Crippen LogP contribution >= 0.6 is 0 Å². The van der Waals surface area contributed by atoms with E-state index in [1.807, 2.05) is 0 Å². The summed E-state index contributed by atoms with van der Waals surface area (Å²) < 4.78 is 9.40. The van der Waals surface area contributed by atoms with Crippen molar-refractivity contribution in [2.45, 2.75) is 0 Å². The highest BCUT2D eigenvalue weighted by atomic mass is 16.6. The van der Waals surface area contributed by atoms with Crippen LogP contribution in [0.4, 0.5) is 0 Å². The first kappa shape index (κ1) is 7.60. The van der Waals surface area contributed by atoms with E-state index in [2.05, 4.69) is 4.42 Å². The number of hydrogen-bond acceptors (Lipinski definition) is 4. The molecule has 0 fully saturated rings. The fourth-order valence-corrected chi connectivity index (χ4v) is 1.11. The summed E-state index contributed by atoms with van der Waals surface area (Å²) in [5.74, 6) is -0.946. The molecule has 0 aliphatic carbocycles. The summed E-state index contributed by atoms with van der Waals surface area (Å²) in [5, 5.41) is 7.20. The highest BCUT2D eigenvalue weighted by Gasteiger charge is 2.09. The average molecular weight is 178 g/mol. The molecule has 5 heteroatoms. The third kappa shape index (κ3) is 1.10. The molecular weight excluding hydrogens is 172 g/mol. The van der Waals surface area contributed by atoms with Crippen LogP contribution in [-0.2, 0) is 0 Å². The molecule has 0 spiro atoms. The Kier molecular flexibility index (Phi) is 1.45. The van der Waals surface area contributed by atoms with E-state index in [0.717, 1.165) is 0 Å². The number of nitrogens with two attached hydrogens (primary N) is 1. The van der Waals surface area contributed by atoms with Gasteiger partial charge in [-0.1, -0.05) is 6.07 Å². The lowest BCUT2D eigenvalue weighted by Crippen LogP contribution is -2.10. The molecule has 0 bridgehead atoms. The number of fused-ring (bicyclic) bond motifs is 1. The Labute approximate surface area is 72.3 Å². The summed E-state index contributed by atoms with van der Waals surface area (Å²) in [4.78, 5) is 10.7. The first-order chi connectivity index (χ1) is 6.18. The molecule has 0 unspecified atom stereocenters. The third-order valence-electron chi connectivity index (χ3n) is 1.65. The second-order valence-electron chi connectivity index (χ2n) is 2.50. The van der Waals surface area contributed by atoms with Crippen LogP contribution in [0.2, 0.25) is 0 Å². The zero-order valence-electron chi connectivity index (χ0n) is 6.53. The zero-order chi connectivity index (χ0) is 9.42. The fraction of sp³-hybridized carbons (Fsp3) is 0. The van der Waals surface area contributed by atoms with Crippen LogP contribution in [0.1, 0.15) is 5.56 Å². The Morgan fingerprint density at radius 2 is 2.15 bits per heavy atom. The quantitative estimate of drug-likeness (QED) is 0.495. The van der Waals surface area contributed by atoms with Crippen LogP contribution < -0.4 is 11.6 Å². The summed E-state index contributed by atoms with van der Waals surface area (Å²) in [6.07, 6.45) is 0. The minimum Gasteiger partial charge on any atom is -0.391 e. The van der Waals surface area contributed by atoms with Crippen molar-refractivity contribution in [1.29, 1.82) is 5.41 Å². The monoisotopic (exact) mass is 178 g/mol. The van der Waals surface area contributed by atoms with Gasteiger partial charge in [0.25, 0.3) is 0 Å². The molecule has 0 atom stereocenters. The van der Waals surface area contributed by atoms with Gasteiger partial charge >= 0.3 is 5.82 Å². The normalized spacial score (nSPS) is 10.5. The van der Waals surface area contributed by atoms with Crippen LogP contribution in [0.25, 0.3) is 11.2 Å². The molecule has 5 nitrogen and oxygen atoms in total. The van der Waals surface area contributed by atoms with Gasteiger partial charge in [-0.05, 0) is 12.1 Å². The van der Waals surface area contributed by atoms with E-state index in [4.69, 9.17) is 15.6 Å². The van der Waals surface area contributed by atoms with E-state index < -0.39 is 5.82 Å². The molecule has 0 aliphatic heterocycles. The SMILES string of the molecule is N=C(N)c1cccc2oc(=O)oc12. The minimum absolute atomic E-state index is 0.157.